The average molecular weight is 506 g/mol. The molecule has 0 saturated carbocycles. The third-order valence-corrected chi connectivity index (χ3v) is 9.59. The standard InChI is InChI=1S/C26H35NO5S2/c1-4-6-7-16-33-25-17-24(20-10-12-21(13-11-20)32-5-2)27(18-23(25)26(28)29)34(30,31)22-14-8-19(3)9-15-22/h8-15,23-25H,4-7,16-18H2,1-3H3,(H,28,29)/t23-,24+,25-/m1/s1. The molecule has 0 bridgehead atoms. The number of hydrogen-bond acceptors (Lipinski definition) is 5. The van der Waals surface area contributed by atoms with Gasteiger partial charge in [-0.2, -0.15) is 16.1 Å². The number of piperidine rings is 1. The van der Waals surface area contributed by atoms with Crippen molar-refractivity contribution in [3.63, 3.8) is 0 Å². The van der Waals surface area contributed by atoms with Crippen molar-refractivity contribution in [3.05, 3.63) is 59.7 Å². The Morgan fingerprint density at radius 3 is 2.35 bits per heavy atom. The molecule has 0 unspecified atom stereocenters. The van der Waals surface area contributed by atoms with Crippen LogP contribution in [0.25, 0.3) is 0 Å². The lowest BCUT2D eigenvalue weighted by Gasteiger charge is -2.41. The van der Waals surface area contributed by atoms with Crippen molar-refractivity contribution in [1.29, 1.82) is 0 Å². The van der Waals surface area contributed by atoms with Gasteiger partial charge in [-0.15, -0.1) is 0 Å². The molecule has 0 radical (unpaired) electrons. The number of unbranched alkanes of at least 4 members (excludes halogenated alkanes) is 2. The summed E-state index contributed by atoms with van der Waals surface area (Å²) in [6.07, 6.45) is 3.69. The van der Waals surface area contributed by atoms with Gasteiger partial charge in [0.25, 0.3) is 0 Å². The Kier molecular flexibility index (Phi) is 9.45. The summed E-state index contributed by atoms with van der Waals surface area (Å²) in [6, 6.07) is 13.8. The van der Waals surface area contributed by atoms with Crippen molar-refractivity contribution in [2.75, 3.05) is 18.9 Å². The van der Waals surface area contributed by atoms with Gasteiger partial charge in [-0.25, -0.2) is 8.42 Å². The van der Waals surface area contributed by atoms with Crippen molar-refractivity contribution < 1.29 is 23.1 Å². The van der Waals surface area contributed by atoms with Gasteiger partial charge in [0.15, 0.2) is 0 Å². The number of ether oxygens (including phenoxy) is 1. The Hall–Kier alpha value is -2.03. The summed E-state index contributed by atoms with van der Waals surface area (Å²) in [6.45, 7) is 6.46. The normalized spacial score (nSPS) is 21.3. The lowest BCUT2D eigenvalue weighted by molar-refractivity contribution is -0.143. The topological polar surface area (TPSA) is 83.9 Å². The van der Waals surface area contributed by atoms with Gasteiger partial charge in [0, 0.05) is 11.8 Å². The van der Waals surface area contributed by atoms with E-state index in [0.717, 1.165) is 41.9 Å². The Balaban J connectivity index is 1.97. The fourth-order valence-corrected chi connectivity index (χ4v) is 7.39. The van der Waals surface area contributed by atoms with E-state index in [1.807, 2.05) is 38.1 Å². The molecule has 3 atom stereocenters. The van der Waals surface area contributed by atoms with E-state index in [4.69, 9.17) is 4.74 Å². The lowest BCUT2D eigenvalue weighted by Crippen LogP contribution is -2.49. The molecule has 1 saturated heterocycles. The number of carboxylic acids is 1. The van der Waals surface area contributed by atoms with Gasteiger partial charge in [-0.05, 0) is 62.3 Å². The van der Waals surface area contributed by atoms with E-state index in [9.17, 15) is 18.3 Å². The summed E-state index contributed by atoms with van der Waals surface area (Å²) in [5.41, 5.74) is 1.81. The number of carbonyl (C=O) groups is 1. The molecular formula is C26H35NO5S2. The van der Waals surface area contributed by atoms with Gasteiger partial charge in [-0.1, -0.05) is 49.6 Å². The molecule has 0 aromatic heterocycles. The molecule has 34 heavy (non-hydrogen) atoms. The minimum atomic E-state index is -3.89. The number of benzene rings is 2. The van der Waals surface area contributed by atoms with Crippen LogP contribution in [-0.2, 0) is 14.8 Å². The molecule has 1 heterocycles. The molecular weight excluding hydrogens is 470 g/mol. The van der Waals surface area contributed by atoms with Gasteiger partial charge >= 0.3 is 5.97 Å². The molecule has 2 aromatic rings. The summed E-state index contributed by atoms with van der Waals surface area (Å²) in [5.74, 6) is -0.0971. The van der Waals surface area contributed by atoms with E-state index in [1.165, 1.54) is 4.31 Å². The maximum atomic E-state index is 13.7. The van der Waals surface area contributed by atoms with Crippen LogP contribution in [0.4, 0.5) is 0 Å². The summed E-state index contributed by atoms with van der Waals surface area (Å²) in [4.78, 5) is 12.4. The third kappa shape index (κ3) is 6.34. The Morgan fingerprint density at radius 1 is 1.09 bits per heavy atom. The molecule has 1 fully saturated rings. The maximum absolute atomic E-state index is 13.7. The zero-order valence-electron chi connectivity index (χ0n) is 20.1. The van der Waals surface area contributed by atoms with Crippen LogP contribution in [0, 0.1) is 12.8 Å². The van der Waals surface area contributed by atoms with Crippen molar-refractivity contribution in [2.24, 2.45) is 5.92 Å². The Morgan fingerprint density at radius 2 is 1.76 bits per heavy atom. The number of sulfonamides is 1. The smallest absolute Gasteiger partial charge is 0.308 e. The number of carboxylic acid groups (broad SMARTS) is 1. The molecule has 6 nitrogen and oxygen atoms in total. The minimum Gasteiger partial charge on any atom is -0.494 e. The summed E-state index contributed by atoms with van der Waals surface area (Å²) < 4.78 is 34.4. The highest BCUT2D eigenvalue weighted by Crippen LogP contribution is 2.42. The summed E-state index contributed by atoms with van der Waals surface area (Å²) >= 11 is 1.67. The summed E-state index contributed by atoms with van der Waals surface area (Å²) in [5, 5.41) is 9.85. The predicted molar refractivity (Wildman–Crippen MR) is 137 cm³/mol. The van der Waals surface area contributed by atoms with Crippen molar-refractivity contribution in [1.82, 2.24) is 4.31 Å². The van der Waals surface area contributed by atoms with E-state index in [0.29, 0.717) is 13.0 Å². The quantitative estimate of drug-likeness (QED) is 0.405. The fourth-order valence-electron chi connectivity index (χ4n) is 4.32. The SMILES string of the molecule is CCCCCS[C@@H]1C[C@@H](c2ccc(OCC)cc2)N(S(=O)(=O)c2ccc(C)cc2)C[C@H]1C(=O)O. The lowest BCUT2D eigenvalue weighted by atomic mass is 9.90. The van der Waals surface area contributed by atoms with E-state index in [-0.39, 0.29) is 16.7 Å². The van der Waals surface area contributed by atoms with Gasteiger partial charge in [0.1, 0.15) is 5.75 Å². The number of hydrogen-bond donors (Lipinski definition) is 1. The van der Waals surface area contributed by atoms with Crippen molar-refractivity contribution in [2.45, 2.75) is 62.6 Å². The summed E-state index contributed by atoms with van der Waals surface area (Å²) in [7, 11) is -3.89. The highest BCUT2D eigenvalue weighted by Gasteiger charge is 2.45. The number of thioether (sulfide) groups is 1. The van der Waals surface area contributed by atoms with E-state index in [2.05, 4.69) is 6.92 Å². The van der Waals surface area contributed by atoms with Crippen molar-refractivity contribution >= 4 is 27.8 Å². The molecule has 186 valence electrons. The third-order valence-electron chi connectivity index (χ3n) is 6.23. The second kappa shape index (κ2) is 12.1. The van der Waals surface area contributed by atoms with Crippen molar-refractivity contribution in [3.8, 4) is 5.75 Å². The first-order valence-electron chi connectivity index (χ1n) is 11.9. The van der Waals surface area contributed by atoms with Crippen LogP contribution in [0.15, 0.2) is 53.4 Å². The molecule has 1 aliphatic heterocycles. The highest BCUT2D eigenvalue weighted by atomic mass is 32.2. The molecule has 0 spiro atoms. The average Bonchev–Trinajstić information content (AvgIpc) is 2.82. The van der Waals surface area contributed by atoms with E-state index < -0.39 is 28.0 Å². The minimum absolute atomic E-state index is 0.0468. The van der Waals surface area contributed by atoms with Crippen LogP contribution < -0.4 is 4.74 Å². The van der Waals surface area contributed by atoms with Gasteiger partial charge in [-0.3, -0.25) is 4.79 Å². The van der Waals surface area contributed by atoms with Gasteiger partial charge < -0.3 is 9.84 Å². The second-order valence-electron chi connectivity index (χ2n) is 8.70. The maximum Gasteiger partial charge on any atom is 0.308 e. The predicted octanol–water partition coefficient (Wildman–Crippen LogP) is 5.52. The second-order valence-corrected chi connectivity index (χ2v) is 11.9. The number of aryl methyl sites for hydroxylation is 1. The highest BCUT2D eigenvalue weighted by molar-refractivity contribution is 7.99. The van der Waals surface area contributed by atoms with Crippen LogP contribution >= 0.6 is 11.8 Å². The first-order valence-corrected chi connectivity index (χ1v) is 14.4. The van der Waals surface area contributed by atoms with Gasteiger partial charge in [0.05, 0.1) is 23.5 Å². The molecule has 1 aliphatic rings. The number of nitrogens with zero attached hydrogens (tertiary/aromatic N) is 1. The molecule has 1 N–H and O–H groups in total. The number of aliphatic carboxylic acids is 1. The van der Waals surface area contributed by atoms with Gasteiger partial charge in [0.2, 0.25) is 10.0 Å². The Labute approximate surface area is 207 Å². The molecule has 0 amide bonds. The first-order chi connectivity index (χ1) is 16.3. The van der Waals surface area contributed by atoms with E-state index >= 15 is 0 Å². The van der Waals surface area contributed by atoms with Crippen LogP contribution in [0.3, 0.4) is 0 Å². The fraction of sp³-hybridized carbons (Fsp3) is 0.500. The molecule has 3 rings (SSSR count). The number of rotatable bonds is 11. The first kappa shape index (κ1) is 26.6. The molecule has 0 aliphatic carbocycles. The zero-order chi connectivity index (χ0) is 24.7. The van der Waals surface area contributed by atoms with Crippen LogP contribution in [0.1, 0.15) is 56.7 Å². The van der Waals surface area contributed by atoms with Crippen LogP contribution in [-0.4, -0.2) is 48.0 Å². The molecule has 8 heteroatoms. The van der Waals surface area contributed by atoms with Crippen LogP contribution in [0.2, 0.25) is 0 Å². The van der Waals surface area contributed by atoms with E-state index in [1.54, 1.807) is 36.0 Å². The largest absolute Gasteiger partial charge is 0.494 e. The molecule has 2 aromatic carbocycles. The zero-order valence-corrected chi connectivity index (χ0v) is 21.8. The van der Waals surface area contributed by atoms with Crippen LogP contribution in [0.5, 0.6) is 5.75 Å². The monoisotopic (exact) mass is 505 g/mol. The Bertz CT molecular complexity index is 1040.